The van der Waals surface area contributed by atoms with Crippen LogP contribution in [-0.2, 0) is 32.6 Å². The van der Waals surface area contributed by atoms with Gasteiger partial charge < -0.3 is 10.2 Å². The van der Waals surface area contributed by atoms with Crippen molar-refractivity contribution in [1.82, 2.24) is 10.2 Å². The second-order valence-corrected chi connectivity index (χ2v) is 14.3. The lowest BCUT2D eigenvalue weighted by molar-refractivity contribution is -0.140. The smallest absolute Gasteiger partial charge is 0.264 e. The highest BCUT2D eigenvalue weighted by molar-refractivity contribution is 7.92. The summed E-state index contributed by atoms with van der Waals surface area (Å²) in [4.78, 5) is 30.3. The van der Waals surface area contributed by atoms with Crippen LogP contribution in [0.2, 0.25) is 0 Å². The summed E-state index contributed by atoms with van der Waals surface area (Å²) >= 11 is 0. The van der Waals surface area contributed by atoms with Crippen LogP contribution in [0.5, 0.6) is 0 Å². The van der Waals surface area contributed by atoms with Crippen LogP contribution in [0.4, 0.5) is 10.1 Å². The summed E-state index contributed by atoms with van der Waals surface area (Å²) < 4.78 is 43.7. The fourth-order valence-corrected chi connectivity index (χ4v) is 7.52. The van der Waals surface area contributed by atoms with Gasteiger partial charge in [0, 0.05) is 19.0 Å². The van der Waals surface area contributed by atoms with Gasteiger partial charge in [-0.1, -0.05) is 85.1 Å². The number of amides is 2. The third-order valence-corrected chi connectivity index (χ3v) is 10.5. The van der Waals surface area contributed by atoms with Crippen LogP contribution in [0.1, 0.15) is 53.5 Å². The first kappa shape index (κ1) is 33.9. The molecule has 0 spiro atoms. The molecule has 0 radical (unpaired) electrons. The first-order valence-corrected chi connectivity index (χ1v) is 17.5. The maximum Gasteiger partial charge on any atom is 0.264 e. The molecular weight excluding hydrogens is 614 g/mol. The average molecular weight is 656 g/mol. The third-order valence-electron chi connectivity index (χ3n) is 8.76. The molecule has 1 unspecified atom stereocenters. The van der Waals surface area contributed by atoms with Crippen molar-refractivity contribution in [2.75, 3.05) is 10.8 Å². The van der Waals surface area contributed by atoms with E-state index in [2.05, 4.69) is 5.32 Å². The summed E-state index contributed by atoms with van der Waals surface area (Å²) in [5, 5.41) is 3.17. The maximum atomic E-state index is 14.7. The zero-order valence-electron chi connectivity index (χ0n) is 27.2. The molecule has 4 aromatic rings. The van der Waals surface area contributed by atoms with E-state index < -0.39 is 34.3 Å². The van der Waals surface area contributed by atoms with Gasteiger partial charge in [0.15, 0.2) is 0 Å². The number of halogens is 1. The quantitative estimate of drug-likeness (QED) is 0.185. The summed E-state index contributed by atoms with van der Waals surface area (Å²) in [5.41, 5.74) is 4.28. The Balaban J connectivity index is 1.58. The van der Waals surface area contributed by atoms with Gasteiger partial charge in [0.25, 0.3) is 10.0 Å². The minimum Gasteiger partial charge on any atom is -0.352 e. The van der Waals surface area contributed by atoms with Crippen molar-refractivity contribution in [2.24, 2.45) is 0 Å². The third kappa shape index (κ3) is 8.46. The standard InChI is InChI=1S/C38H42FN3O4S/c1-27-14-21-34(22-15-27)47(45,46)42(35-23-28(2)13-16-29(35)3)26-37(43)41(25-31-17-19-32(39)20-18-31)36(24-30-9-5-4-6-10-30)38(44)40-33-11-7-8-12-33/h4-6,9-10,13-23,33,36H,7-8,11-12,24-26H2,1-3H3,(H,40,44). The maximum absolute atomic E-state index is 14.7. The van der Waals surface area contributed by atoms with Gasteiger partial charge in [0.05, 0.1) is 10.6 Å². The van der Waals surface area contributed by atoms with E-state index >= 15 is 0 Å². The number of aryl methyl sites for hydroxylation is 3. The largest absolute Gasteiger partial charge is 0.352 e. The molecule has 7 nitrogen and oxygen atoms in total. The summed E-state index contributed by atoms with van der Waals surface area (Å²) in [7, 11) is -4.20. The number of benzene rings is 4. The van der Waals surface area contributed by atoms with Crippen LogP contribution in [0.3, 0.4) is 0 Å². The van der Waals surface area contributed by atoms with Gasteiger partial charge in [-0.05, 0) is 86.2 Å². The Morgan fingerprint density at radius 1 is 0.830 bits per heavy atom. The molecule has 5 rings (SSSR count). The van der Waals surface area contributed by atoms with Crippen molar-refractivity contribution >= 4 is 27.5 Å². The number of nitrogens with one attached hydrogen (secondary N) is 1. The number of nitrogens with zero attached hydrogens (tertiary/aromatic N) is 2. The van der Waals surface area contributed by atoms with Crippen LogP contribution in [0, 0.1) is 26.6 Å². The second-order valence-electron chi connectivity index (χ2n) is 12.5. The number of rotatable bonds is 12. The Labute approximate surface area is 277 Å². The van der Waals surface area contributed by atoms with Crippen LogP contribution in [-0.4, -0.2) is 43.8 Å². The molecule has 1 atom stereocenters. The summed E-state index contributed by atoms with van der Waals surface area (Å²) in [6.07, 6.45) is 4.00. The fraction of sp³-hybridized carbons (Fsp3) is 0.316. The van der Waals surface area contributed by atoms with Crippen molar-refractivity contribution in [3.05, 3.63) is 131 Å². The fourth-order valence-electron chi connectivity index (χ4n) is 6.05. The van der Waals surface area contributed by atoms with Gasteiger partial charge in [0.2, 0.25) is 11.8 Å². The van der Waals surface area contributed by atoms with Crippen LogP contribution < -0.4 is 9.62 Å². The summed E-state index contributed by atoms with van der Waals surface area (Å²) in [6, 6.07) is 26.3. The molecule has 1 aliphatic rings. The molecule has 0 heterocycles. The Morgan fingerprint density at radius 2 is 1.47 bits per heavy atom. The van der Waals surface area contributed by atoms with Crippen molar-refractivity contribution in [2.45, 2.75) is 76.4 Å². The Bertz CT molecular complexity index is 1790. The molecule has 0 aromatic heterocycles. The van der Waals surface area contributed by atoms with Crippen LogP contribution >= 0.6 is 0 Å². The number of carbonyl (C=O) groups is 2. The molecule has 47 heavy (non-hydrogen) atoms. The Hall–Kier alpha value is -4.50. The topological polar surface area (TPSA) is 86.8 Å². The molecule has 1 aliphatic carbocycles. The predicted molar refractivity (Wildman–Crippen MR) is 183 cm³/mol. The van der Waals surface area contributed by atoms with Gasteiger partial charge in [0.1, 0.15) is 18.4 Å². The van der Waals surface area contributed by atoms with Gasteiger partial charge in [-0.3, -0.25) is 13.9 Å². The first-order chi connectivity index (χ1) is 22.5. The van der Waals surface area contributed by atoms with E-state index in [1.54, 1.807) is 37.3 Å². The van der Waals surface area contributed by atoms with E-state index in [0.29, 0.717) is 16.8 Å². The molecule has 1 saturated carbocycles. The van der Waals surface area contributed by atoms with E-state index in [4.69, 9.17) is 0 Å². The van der Waals surface area contributed by atoms with Gasteiger partial charge >= 0.3 is 0 Å². The highest BCUT2D eigenvalue weighted by Gasteiger charge is 2.36. The molecule has 2 amide bonds. The zero-order valence-corrected chi connectivity index (χ0v) is 28.0. The molecule has 4 aromatic carbocycles. The normalized spacial score (nSPS) is 14.0. The lowest BCUT2D eigenvalue weighted by Gasteiger charge is -2.34. The minimum atomic E-state index is -4.20. The molecule has 1 N–H and O–H groups in total. The predicted octanol–water partition coefficient (Wildman–Crippen LogP) is 6.65. The first-order valence-electron chi connectivity index (χ1n) is 16.1. The minimum absolute atomic E-state index is 0.0110. The lowest BCUT2D eigenvalue weighted by Crippen LogP contribution is -2.54. The molecule has 0 bridgehead atoms. The average Bonchev–Trinajstić information content (AvgIpc) is 3.57. The molecule has 0 saturated heterocycles. The van der Waals surface area contributed by atoms with Crippen molar-refractivity contribution in [1.29, 1.82) is 0 Å². The van der Waals surface area contributed by atoms with E-state index in [1.165, 1.54) is 29.2 Å². The summed E-state index contributed by atoms with van der Waals surface area (Å²) in [6.45, 7) is 4.99. The number of hydrogen-bond acceptors (Lipinski definition) is 4. The number of sulfonamides is 1. The summed E-state index contributed by atoms with van der Waals surface area (Å²) in [5.74, 6) is -1.26. The monoisotopic (exact) mass is 655 g/mol. The van der Waals surface area contributed by atoms with Crippen LogP contribution in [0.25, 0.3) is 0 Å². The molecule has 1 fully saturated rings. The molecule has 246 valence electrons. The molecular formula is C38H42FN3O4S. The number of carbonyl (C=O) groups excluding carboxylic acids is 2. The number of anilines is 1. The highest BCUT2D eigenvalue weighted by Crippen LogP contribution is 2.29. The van der Waals surface area contributed by atoms with E-state index in [9.17, 15) is 22.4 Å². The molecule has 9 heteroatoms. The van der Waals surface area contributed by atoms with Gasteiger partial charge in [-0.25, -0.2) is 12.8 Å². The second kappa shape index (κ2) is 14.9. The lowest BCUT2D eigenvalue weighted by atomic mass is 10.0. The SMILES string of the molecule is Cc1ccc(S(=O)(=O)N(CC(=O)N(Cc2ccc(F)cc2)C(Cc2ccccc2)C(=O)NC2CCCC2)c2cc(C)ccc2C)cc1. The van der Waals surface area contributed by atoms with Crippen molar-refractivity contribution in [3.8, 4) is 0 Å². The Kier molecular flexibility index (Phi) is 10.8. The van der Waals surface area contributed by atoms with E-state index in [0.717, 1.165) is 46.7 Å². The molecule has 0 aliphatic heterocycles. The Morgan fingerprint density at radius 3 is 2.13 bits per heavy atom. The van der Waals surface area contributed by atoms with Crippen molar-refractivity contribution in [3.63, 3.8) is 0 Å². The van der Waals surface area contributed by atoms with Crippen LogP contribution in [0.15, 0.2) is 102 Å². The van der Waals surface area contributed by atoms with E-state index in [1.807, 2.05) is 56.3 Å². The highest BCUT2D eigenvalue weighted by atomic mass is 32.2. The van der Waals surface area contributed by atoms with Gasteiger partial charge in [-0.15, -0.1) is 0 Å². The van der Waals surface area contributed by atoms with E-state index in [-0.39, 0.29) is 29.8 Å². The van der Waals surface area contributed by atoms with Crippen molar-refractivity contribution < 1.29 is 22.4 Å². The zero-order chi connectivity index (χ0) is 33.6. The number of hydrogen-bond donors (Lipinski definition) is 1. The van der Waals surface area contributed by atoms with Gasteiger partial charge in [-0.2, -0.15) is 0 Å².